The largest absolute Gasteiger partial charge is 0.360 e. The van der Waals surface area contributed by atoms with E-state index >= 15 is 0 Å². The second kappa shape index (κ2) is 5.35. The standard InChI is InChI=1S/C14H11N5O2/c1-18-11-4-3-10(17-8-9(6-15)7-16)5-12(11)19(2)14(21)13(18)20/h3-5,8,17H,1-2H3. The minimum Gasteiger partial charge on any atom is -0.360 e. The number of aromatic nitrogens is 2. The van der Waals surface area contributed by atoms with Crippen LogP contribution >= 0.6 is 0 Å². The van der Waals surface area contributed by atoms with Crippen LogP contribution in [0, 0.1) is 22.7 Å². The Morgan fingerprint density at radius 2 is 1.67 bits per heavy atom. The van der Waals surface area contributed by atoms with Gasteiger partial charge in [0.15, 0.2) is 0 Å². The fourth-order valence-electron chi connectivity index (χ4n) is 1.92. The number of nitrogens with zero attached hydrogens (tertiary/aromatic N) is 4. The molecule has 0 saturated heterocycles. The van der Waals surface area contributed by atoms with Gasteiger partial charge in [-0.15, -0.1) is 0 Å². The van der Waals surface area contributed by atoms with Crippen molar-refractivity contribution in [1.29, 1.82) is 10.5 Å². The summed E-state index contributed by atoms with van der Waals surface area (Å²) in [7, 11) is 3.05. The zero-order chi connectivity index (χ0) is 15.6. The molecule has 0 radical (unpaired) electrons. The Balaban J connectivity index is 2.61. The highest BCUT2D eigenvalue weighted by Gasteiger charge is 2.08. The zero-order valence-electron chi connectivity index (χ0n) is 11.4. The number of fused-ring (bicyclic) bond motifs is 1. The highest BCUT2D eigenvalue weighted by molar-refractivity contribution is 5.79. The van der Waals surface area contributed by atoms with E-state index in [9.17, 15) is 9.59 Å². The third-order valence-electron chi connectivity index (χ3n) is 3.11. The van der Waals surface area contributed by atoms with Crippen molar-refractivity contribution < 1.29 is 0 Å². The van der Waals surface area contributed by atoms with Gasteiger partial charge in [0.25, 0.3) is 0 Å². The van der Waals surface area contributed by atoms with Gasteiger partial charge < -0.3 is 14.5 Å². The minimum absolute atomic E-state index is 0.0653. The van der Waals surface area contributed by atoms with Crippen molar-refractivity contribution in [1.82, 2.24) is 9.13 Å². The number of benzene rings is 1. The first-order valence-electron chi connectivity index (χ1n) is 5.96. The summed E-state index contributed by atoms with van der Waals surface area (Å²) in [6.45, 7) is 0. The van der Waals surface area contributed by atoms with E-state index in [-0.39, 0.29) is 5.57 Å². The van der Waals surface area contributed by atoms with Gasteiger partial charge in [0.05, 0.1) is 11.0 Å². The molecule has 0 aliphatic rings. The summed E-state index contributed by atoms with van der Waals surface area (Å²) in [5, 5.41) is 20.1. The third-order valence-corrected chi connectivity index (χ3v) is 3.11. The number of rotatable bonds is 2. The van der Waals surface area contributed by atoms with Crippen molar-refractivity contribution in [3.05, 3.63) is 50.7 Å². The van der Waals surface area contributed by atoms with E-state index < -0.39 is 11.1 Å². The molecule has 1 heterocycles. The molecule has 0 aliphatic heterocycles. The molecule has 2 aromatic rings. The lowest BCUT2D eigenvalue weighted by molar-refractivity contribution is 0.799. The van der Waals surface area contributed by atoms with Gasteiger partial charge in [0, 0.05) is 26.0 Å². The summed E-state index contributed by atoms with van der Waals surface area (Å²) in [5.74, 6) is 0. The molecular weight excluding hydrogens is 270 g/mol. The predicted octanol–water partition coefficient (Wildman–Crippen LogP) is 0.580. The molecule has 7 nitrogen and oxygen atoms in total. The van der Waals surface area contributed by atoms with Crippen LogP contribution in [0.1, 0.15) is 0 Å². The van der Waals surface area contributed by atoms with Gasteiger partial charge in [-0.2, -0.15) is 10.5 Å². The molecule has 21 heavy (non-hydrogen) atoms. The highest BCUT2D eigenvalue weighted by atomic mass is 16.2. The van der Waals surface area contributed by atoms with Crippen LogP contribution in [0.15, 0.2) is 39.6 Å². The summed E-state index contributed by atoms with van der Waals surface area (Å²) >= 11 is 0. The highest BCUT2D eigenvalue weighted by Crippen LogP contribution is 2.16. The number of nitrogens with one attached hydrogen (secondary N) is 1. The van der Waals surface area contributed by atoms with Crippen LogP contribution in [0.3, 0.4) is 0 Å². The lowest BCUT2D eigenvalue weighted by atomic mass is 10.2. The number of nitriles is 2. The Kier molecular flexibility index (Phi) is 3.59. The maximum Gasteiger partial charge on any atom is 0.316 e. The van der Waals surface area contributed by atoms with Crippen molar-refractivity contribution in [2.75, 3.05) is 5.32 Å². The minimum atomic E-state index is -0.618. The first-order chi connectivity index (χ1) is 9.99. The van der Waals surface area contributed by atoms with Crippen LogP contribution in [0.5, 0.6) is 0 Å². The van der Waals surface area contributed by atoms with Gasteiger partial charge in [-0.1, -0.05) is 0 Å². The van der Waals surface area contributed by atoms with Crippen molar-refractivity contribution in [3.63, 3.8) is 0 Å². The van der Waals surface area contributed by atoms with E-state index in [0.29, 0.717) is 16.7 Å². The van der Waals surface area contributed by atoms with Gasteiger partial charge in [-0.05, 0) is 18.2 Å². The SMILES string of the molecule is Cn1c(=O)c(=O)n(C)c2cc(NC=C(C#N)C#N)ccc21. The maximum absolute atomic E-state index is 11.8. The van der Waals surface area contributed by atoms with Gasteiger partial charge in [0.2, 0.25) is 0 Å². The summed E-state index contributed by atoms with van der Waals surface area (Å²) < 4.78 is 2.55. The fraction of sp³-hybridized carbons (Fsp3) is 0.143. The Labute approximate surface area is 119 Å². The quantitative estimate of drug-likeness (QED) is 0.640. The monoisotopic (exact) mass is 281 g/mol. The smallest absolute Gasteiger partial charge is 0.316 e. The molecule has 0 atom stereocenters. The average molecular weight is 281 g/mol. The Hall–Kier alpha value is -3.32. The topological polar surface area (TPSA) is 104 Å². The van der Waals surface area contributed by atoms with E-state index in [4.69, 9.17) is 10.5 Å². The van der Waals surface area contributed by atoms with E-state index in [1.54, 1.807) is 30.3 Å². The van der Waals surface area contributed by atoms with Crippen LogP contribution in [-0.4, -0.2) is 9.13 Å². The molecular formula is C14H11N5O2. The normalized spacial score (nSPS) is 9.71. The molecule has 0 spiro atoms. The van der Waals surface area contributed by atoms with Gasteiger partial charge >= 0.3 is 11.1 Å². The number of hydrogen-bond donors (Lipinski definition) is 1. The number of allylic oxidation sites excluding steroid dienone is 1. The molecule has 104 valence electrons. The molecule has 1 aromatic heterocycles. The van der Waals surface area contributed by atoms with Gasteiger partial charge in [0.1, 0.15) is 17.7 Å². The number of anilines is 1. The molecule has 2 rings (SSSR count). The average Bonchev–Trinajstić information content (AvgIpc) is 2.51. The summed E-state index contributed by atoms with van der Waals surface area (Å²) in [6, 6.07) is 8.51. The van der Waals surface area contributed by atoms with Crippen molar-refractivity contribution >= 4 is 16.7 Å². The molecule has 0 bridgehead atoms. The second-order valence-corrected chi connectivity index (χ2v) is 4.36. The predicted molar refractivity (Wildman–Crippen MR) is 77.4 cm³/mol. The van der Waals surface area contributed by atoms with Gasteiger partial charge in [-0.3, -0.25) is 9.59 Å². The van der Waals surface area contributed by atoms with E-state index in [1.807, 2.05) is 0 Å². The lowest BCUT2D eigenvalue weighted by Crippen LogP contribution is -2.39. The molecule has 1 aromatic carbocycles. The second-order valence-electron chi connectivity index (χ2n) is 4.36. The van der Waals surface area contributed by atoms with Crippen molar-refractivity contribution in [2.24, 2.45) is 14.1 Å². The van der Waals surface area contributed by atoms with E-state index in [0.717, 1.165) is 0 Å². The van der Waals surface area contributed by atoms with Crippen LogP contribution in [0.2, 0.25) is 0 Å². The van der Waals surface area contributed by atoms with E-state index in [2.05, 4.69) is 5.32 Å². The number of hydrogen-bond acceptors (Lipinski definition) is 5. The Morgan fingerprint density at radius 3 is 2.24 bits per heavy atom. The van der Waals surface area contributed by atoms with Crippen LogP contribution in [0.25, 0.3) is 11.0 Å². The van der Waals surface area contributed by atoms with Crippen molar-refractivity contribution in [3.8, 4) is 12.1 Å². The first-order valence-corrected chi connectivity index (χ1v) is 5.96. The molecule has 1 N–H and O–H groups in total. The molecule has 0 fully saturated rings. The zero-order valence-corrected chi connectivity index (χ0v) is 11.4. The van der Waals surface area contributed by atoms with Crippen LogP contribution in [-0.2, 0) is 14.1 Å². The van der Waals surface area contributed by atoms with Crippen LogP contribution in [0.4, 0.5) is 5.69 Å². The molecule has 0 aliphatic carbocycles. The fourth-order valence-corrected chi connectivity index (χ4v) is 1.92. The van der Waals surface area contributed by atoms with E-state index in [1.165, 1.54) is 29.4 Å². The summed E-state index contributed by atoms with van der Waals surface area (Å²) in [6.07, 6.45) is 1.28. The van der Waals surface area contributed by atoms with Gasteiger partial charge in [-0.25, -0.2) is 0 Å². The van der Waals surface area contributed by atoms with Crippen molar-refractivity contribution in [2.45, 2.75) is 0 Å². The third kappa shape index (κ3) is 2.40. The summed E-state index contributed by atoms with van der Waals surface area (Å²) in [5.41, 5.74) is 0.492. The molecule has 7 heteroatoms. The molecule has 0 saturated carbocycles. The first kappa shape index (κ1) is 14.1. The summed E-state index contributed by atoms with van der Waals surface area (Å²) in [4.78, 5) is 23.5. The number of aryl methyl sites for hydroxylation is 2. The van der Waals surface area contributed by atoms with Crippen LogP contribution < -0.4 is 16.4 Å². The lowest BCUT2D eigenvalue weighted by Gasteiger charge is -2.10. The molecule has 0 unspecified atom stereocenters. The maximum atomic E-state index is 11.8. The Bertz CT molecular complexity index is 935. The Morgan fingerprint density at radius 1 is 1.10 bits per heavy atom. The molecule has 0 amide bonds.